The summed E-state index contributed by atoms with van der Waals surface area (Å²) in [6.45, 7) is 18.4. The first-order valence-corrected chi connectivity index (χ1v) is 16.0. The first-order chi connectivity index (χ1) is 17.8. The van der Waals surface area contributed by atoms with Crippen molar-refractivity contribution in [2.24, 2.45) is 5.92 Å². The van der Waals surface area contributed by atoms with Crippen LogP contribution in [0.3, 0.4) is 0 Å². The van der Waals surface area contributed by atoms with Crippen molar-refractivity contribution >= 4 is 5.57 Å². The van der Waals surface area contributed by atoms with Crippen molar-refractivity contribution < 1.29 is 0 Å². The molecule has 0 nitrogen and oxygen atoms in total. The highest BCUT2D eigenvalue weighted by atomic mass is 14.4. The molecule has 1 aromatic rings. The van der Waals surface area contributed by atoms with E-state index in [4.69, 9.17) is 0 Å². The van der Waals surface area contributed by atoms with Crippen LogP contribution in [0.2, 0.25) is 0 Å². The van der Waals surface area contributed by atoms with E-state index in [-0.39, 0.29) is 10.8 Å². The molecular formula is C37H60. The van der Waals surface area contributed by atoms with Crippen LogP contribution in [0.5, 0.6) is 0 Å². The van der Waals surface area contributed by atoms with Crippen LogP contribution in [-0.2, 0) is 10.8 Å². The zero-order chi connectivity index (χ0) is 27.3. The minimum absolute atomic E-state index is 0.260. The van der Waals surface area contributed by atoms with Gasteiger partial charge in [0.1, 0.15) is 0 Å². The van der Waals surface area contributed by atoms with E-state index in [0.29, 0.717) is 5.92 Å². The molecule has 0 aromatic heterocycles. The van der Waals surface area contributed by atoms with E-state index in [9.17, 15) is 0 Å². The number of benzene rings is 1. The van der Waals surface area contributed by atoms with Crippen LogP contribution in [0.4, 0.5) is 0 Å². The molecule has 208 valence electrons. The highest BCUT2D eigenvalue weighted by molar-refractivity contribution is 5.77. The van der Waals surface area contributed by atoms with Crippen molar-refractivity contribution in [1.29, 1.82) is 0 Å². The Morgan fingerprint density at radius 1 is 0.730 bits per heavy atom. The summed E-state index contributed by atoms with van der Waals surface area (Å²) in [5, 5.41) is 0. The highest BCUT2D eigenvalue weighted by Crippen LogP contribution is 2.46. The SMILES string of the molecule is CC.CCCCCCCCCCC(CCC)C1=CCC=CC(c2ccc3c(c2)C(C)(C)CCC3(C)C)=C1. The van der Waals surface area contributed by atoms with E-state index in [2.05, 4.69) is 84.0 Å². The Hall–Kier alpha value is -1.56. The third-order valence-corrected chi connectivity index (χ3v) is 8.81. The number of rotatable bonds is 13. The molecule has 0 spiro atoms. The maximum absolute atomic E-state index is 2.54. The predicted molar refractivity (Wildman–Crippen MR) is 169 cm³/mol. The molecule has 0 saturated carbocycles. The van der Waals surface area contributed by atoms with Gasteiger partial charge in [0.05, 0.1) is 0 Å². The van der Waals surface area contributed by atoms with E-state index >= 15 is 0 Å². The van der Waals surface area contributed by atoms with Crippen molar-refractivity contribution in [3.8, 4) is 0 Å². The molecule has 0 saturated heterocycles. The Labute approximate surface area is 232 Å². The monoisotopic (exact) mass is 504 g/mol. The van der Waals surface area contributed by atoms with Crippen molar-refractivity contribution in [3.63, 3.8) is 0 Å². The molecule has 1 atom stereocenters. The normalized spacial score (nSPS) is 18.6. The summed E-state index contributed by atoms with van der Waals surface area (Å²) < 4.78 is 0. The summed E-state index contributed by atoms with van der Waals surface area (Å²) in [7, 11) is 0. The van der Waals surface area contributed by atoms with E-state index in [1.54, 1.807) is 16.7 Å². The lowest BCUT2D eigenvalue weighted by atomic mass is 9.63. The van der Waals surface area contributed by atoms with Crippen LogP contribution >= 0.6 is 0 Å². The number of hydrogen-bond acceptors (Lipinski definition) is 0. The average molecular weight is 505 g/mol. The number of unbranched alkanes of at least 4 members (excludes halogenated alkanes) is 7. The molecule has 0 heteroatoms. The molecule has 0 heterocycles. The summed E-state index contributed by atoms with van der Waals surface area (Å²) in [6, 6.07) is 7.37. The Morgan fingerprint density at radius 2 is 1.35 bits per heavy atom. The maximum Gasteiger partial charge on any atom is -0.0100 e. The van der Waals surface area contributed by atoms with Gasteiger partial charge in [-0.05, 0) is 76.7 Å². The van der Waals surface area contributed by atoms with Crippen molar-refractivity contribution in [2.45, 2.75) is 156 Å². The molecule has 0 radical (unpaired) electrons. The lowest BCUT2D eigenvalue weighted by Crippen LogP contribution is -2.33. The molecule has 0 N–H and O–H groups in total. The first kappa shape index (κ1) is 31.7. The summed E-state index contributed by atoms with van der Waals surface area (Å²) in [5.41, 5.74) is 8.07. The molecule has 0 fully saturated rings. The third kappa shape index (κ3) is 9.30. The summed E-state index contributed by atoms with van der Waals surface area (Å²) in [6.07, 6.45) is 28.6. The van der Waals surface area contributed by atoms with Gasteiger partial charge in [-0.2, -0.15) is 0 Å². The van der Waals surface area contributed by atoms with Crippen molar-refractivity contribution in [2.75, 3.05) is 0 Å². The van der Waals surface area contributed by atoms with Crippen LogP contribution in [0, 0.1) is 5.92 Å². The second-order valence-corrected chi connectivity index (χ2v) is 12.7. The lowest BCUT2D eigenvalue weighted by Gasteiger charge is -2.42. The van der Waals surface area contributed by atoms with Gasteiger partial charge >= 0.3 is 0 Å². The zero-order valence-corrected chi connectivity index (χ0v) is 26.0. The van der Waals surface area contributed by atoms with E-state index < -0.39 is 0 Å². The Morgan fingerprint density at radius 3 is 2.00 bits per heavy atom. The van der Waals surface area contributed by atoms with Gasteiger partial charge in [0.2, 0.25) is 0 Å². The number of fused-ring (bicyclic) bond motifs is 1. The van der Waals surface area contributed by atoms with Gasteiger partial charge in [-0.1, -0.05) is 156 Å². The minimum atomic E-state index is 0.260. The fourth-order valence-electron chi connectivity index (χ4n) is 6.27. The van der Waals surface area contributed by atoms with Crippen LogP contribution in [0.15, 0.2) is 48.1 Å². The molecule has 0 amide bonds. The zero-order valence-electron chi connectivity index (χ0n) is 26.0. The van der Waals surface area contributed by atoms with Crippen LogP contribution in [0.25, 0.3) is 5.57 Å². The van der Waals surface area contributed by atoms with Gasteiger partial charge in [0.25, 0.3) is 0 Å². The minimum Gasteiger partial charge on any atom is -0.0801 e. The molecule has 2 aliphatic carbocycles. The predicted octanol–water partition coefficient (Wildman–Crippen LogP) is 12.3. The Bertz CT molecular complexity index is 889. The molecule has 2 aliphatic rings. The smallest absolute Gasteiger partial charge is 0.0100 e. The molecule has 1 unspecified atom stereocenters. The van der Waals surface area contributed by atoms with Gasteiger partial charge in [-0.3, -0.25) is 0 Å². The summed E-state index contributed by atoms with van der Waals surface area (Å²) >= 11 is 0. The van der Waals surface area contributed by atoms with Gasteiger partial charge in [0.15, 0.2) is 0 Å². The second kappa shape index (κ2) is 15.8. The van der Waals surface area contributed by atoms with Crippen LogP contribution in [0.1, 0.15) is 162 Å². The van der Waals surface area contributed by atoms with Crippen molar-refractivity contribution in [1.82, 2.24) is 0 Å². The van der Waals surface area contributed by atoms with Gasteiger partial charge < -0.3 is 0 Å². The maximum atomic E-state index is 2.54. The second-order valence-electron chi connectivity index (χ2n) is 12.7. The van der Waals surface area contributed by atoms with E-state index in [1.165, 1.54) is 94.6 Å². The number of allylic oxidation sites excluding steroid dienone is 6. The molecule has 37 heavy (non-hydrogen) atoms. The Kier molecular flexibility index (Phi) is 13.5. The fraction of sp³-hybridized carbons (Fsp3) is 0.676. The topological polar surface area (TPSA) is 0 Å². The largest absolute Gasteiger partial charge is 0.0801 e. The summed E-state index contributed by atoms with van der Waals surface area (Å²) in [4.78, 5) is 0. The molecule has 1 aromatic carbocycles. The quantitative estimate of drug-likeness (QED) is 0.234. The van der Waals surface area contributed by atoms with E-state index in [1.807, 2.05) is 13.8 Å². The third-order valence-electron chi connectivity index (χ3n) is 8.81. The molecular weight excluding hydrogens is 444 g/mol. The van der Waals surface area contributed by atoms with Gasteiger partial charge in [-0.15, -0.1) is 0 Å². The lowest BCUT2D eigenvalue weighted by molar-refractivity contribution is 0.332. The van der Waals surface area contributed by atoms with Gasteiger partial charge in [-0.25, -0.2) is 0 Å². The van der Waals surface area contributed by atoms with E-state index in [0.717, 1.165) is 6.42 Å². The molecule has 3 rings (SSSR count). The Balaban J connectivity index is 0.00000235. The first-order valence-electron chi connectivity index (χ1n) is 16.0. The summed E-state index contributed by atoms with van der Waals surface area (Å²) in [5.74, 6) is 0.711. The fourth-order valence-corrected chi connectivity index (χ4v) is 6.27. The van der Waals surface area contributed by atoms with Gasteiger partial charge in [0, 0.05) is 0 Å². The molecule has 0 aliphatic heterocycles. The highest BCUT2D eigenvalue weighted by Gasteiger charge is 2.37. The number of hydrogen-bond donors (Lipinski definition) is 0. The van der Waals surface area contributed by atoms with Crippen LogP contribution in [-0.4, -0.2) is 0 Å². The molecule has 0 bridgehead atoms. The average Bonchev–Trinajstić information content (AvgIpc) is 3.15. The standard InChI is InChI=1S/C35H54.C2H6/c1-7-9-10-11-12-13-14-15-19-28(18-8-2)29-20-16-17-21-30(26-29)31-22-23-32-33(27-31)35(5,6)25-24-34(32,3)4;1-2/h17,20-23,26-28H,7-16,18-19,24-25H2,1-6H3;1-2H3. The van der Waals surface area contributed by atoms with Crippen LogP contribution < -0.4 is 0 Å². The van der Waals surface area contributed by atoms with Crippen molar-refractivity contribution in [3.05, 3.63) is 64.8 Å².